The van der Waals surface area contributed by atoms with Gasteiger partial charge in [-0.2, -0.15) is 0 Å². The smallest absolute Gasteiger partial charge is 0.328 e. The van der Waals surface area contributed by atoms with Gasteiger partial charge in [-0.15, -0.1) is 0 Å². The maximum Gasteiger partial charge on any atom is 0.328 e. The molecule has 0 saturated carbocycles. The molecule has 1 amide bonds. The number of halogens is 1. The minimum atomic E-state index is -3.60. The van der Waals surface area contributed by atoms with Crippen molar-refractivity contribution in [1.29, 1.82) is 0 Å². The number of nitrogens with zero attached hydrogens (tertiary/aromatic N) is 1. The van der Waals surface area contributed by atoms with Gasteiger partial charge in [0.2, 0.25) is 10.0 Å². The lowest BCUT2D eigenvalue weighted by molar-refractivity contribution is -0.146. The van der Waals surface area contributed by atoms with Gasteiger partial charge in [0, 0.05) is 26.1 Å². The zero-order valence-corrected chi connectivity index (χ0v) is 20.0. The van der Waals surface area contributed by atoms with E-state index in [-0.39, 0.29) is 17.1 Å². The molecule has 0 fully saturated rings. The lowest BCUT2D eigenvalue weighted by Gasteiger charge is -2.15. The molecule has 11 heteroatoms. The Bertz CT molecular complexity index is 1130. The molecule has 3 rings (SSSR count). The first-order chi connectivity index (χ1) is 15.6. The van der Waals surface area contributed by atoms with Crippen molar-refractivity contribution in [2.75, 3.05) is 27.3 Å². The van der Waals surface area contributed by atoms with Gasteiger partial charge in [0.05, 0.1) is 23.1 Å². The van der Waals surface area contributed by atoms with Crippen molar-refractivity contribution >= 4 is 33.5 Å². The number of carbonyl (C=O) groups excluding carboxylic acids is 2. The first-order valence-electron chi connectivity index (χ1n) is 10.2. The van der Waals surface area contributed by atoms with Crippen LogP contribution in [-0.2, 0) is 26.2 Å². The third kappa shape index (κ3) is 5.95. The van der Waals surface area contributed by atoms with E-state index in [1.165, 1.54) is 45.3 Å². The molecule has 0 aromatic heterocycles. The summed E-state index contributed by atoms with van der Waals surface area (Å²) in [6.07, 6.45) is 0.737. The minimum absolute atomic E-state index is 0.0605. The summed E-state index contributed by atoms with van der Waals surface area (Å²) in [6.45, 7) is 2.43. The van der Waals surface area contributed by atoms with E-state index in [0.717, 1.165) is 10.7 Å². The highest BCUT2D eigenvalue weighted by molar-refractivity contribution is 7.89. The first kappa shape index (κ1) is 24.8. The highest BCUT2D eigenvalue weighted by Crippen LogP contribution is 2.38. The molecule has 9 nitrogen and oxygen atoms in total. The Balaban J connectivity index is 1.58. The molecule has 0 aliphatic carbocycles. The molecule has 2 aromatic rings. The van der Waals surface area contributed by atoms with E-state index in [4.69, 9.17) is 25.8 Å². The van der Waals surface area contributed by atoms with Gasteiger partial charge in [-0.05, 0) is 48.9 Å². The Morgan fingerprint density at radius 1 is 1.15 bits per heavy atom. The molecule has 1 N–H and O–H groups in total. The zero-order chi connectivity index (χ0) is 24.2. The van der Waals surface area contributed by atoms with Crippen LogP contribution in [0.3, 0.4) is 0 Å². The van der Waals surface area contributed by atoms with Crippen LogP contribution in [0.2, 0.25) is 5.02 Å². The van der Waals surface area contributed by atoms with Gasteiger partial charge in [0.1, 0.15) is 12.6 Å². The van der Waals surface area contributed by atoms with Crippen molar-refractivity contribution in [3.05, 3.63) is 52.5 Å². The fourth-order valence-electron chi connectivity index (χ4n) is 2.97. The quantitative estimate of drug-likeness (QED) is 0.586. The van der Waals surface area contributed by atoms with Gasteiger partial charge in [-0.3, -0.25) is 4.79 Å². The lowest BCUT2D eigenvalue weighted by atomic mass is 10.2. The van der Waals surface area contributed by atoms with Crippen LogP contribution in [0.15, 0.2) is 41.3 Å². The van der Waals surface area contributed by atoms with E-state index in [2.05, 4.69) is 5.32 Å². The predicted molar refractivity (Wildman–Crippen MR) is 121 cm³/mol. The fourth-order valence-corrected chi connectivity index (χ4v) is 4.16. The maximum atomic E-state index is 12.4. The van der Waals surface area contributed by atoms with E-state index in [1.54, 1.807) is 12.1 Å². The minimum Gasteiger partial charge on any atom is -0.489 e. The summed E-state index contributed by atoms with van der Waals surface area (Å²) in [5.74, 6) is -0.216. The van der Waals surface area contributed by atoms with Crippen LogP contribution < -0.4 is 14.8 Å². The Kier molecular flexibility index (Phi) is 7.83. The highest BCUT2D eigenvalue weighted by atomic mass is 35.5. The number of nitrogens with one attached hydrogen (secondary N) is 1. The fraction of sp³-hybridized carbons (Fsp3) is 0.364. The summed E-state index contributed by atoms with van der Waals surface area (Å²) >= 11 is 6.25. The second-order valence-corrected chi connectivity index (χ2v) is 10.1. The predicted octanol–water partition coefficient (Wildman–Crippen LogP) is 2.61. The average Bonchev–Trinajstić information content (AvgIpc) is 3.03. The monoisotopic (exact) mass is 496 g/mol. The van der Waals surface area contributed by atoms with Crippen molar-refractivity contribution in [3.63, 3.8) is 0 Å². The van der Waals surface area contributed by atoms with Crippen molar-refractivity contribution < 1.29 is 32.2 Å². The molecular formula is C22H25ClN2O7S. The number of fused-ring (bicyclic) bond motifs is 1. The summed E-state index contributed by atoms with van der Waals surface area (Å²) in [5, 5.41) is 2.90. The molecule has 0 radical (unpaired) electrons. The number of rotatable bonds is 7. The summed E-state index contributed by atoms with van der Waals surface area (Å²) in [6, 6.07) is 7.83. The largest absolute Gasteiger partial charge is 0.489 e. The van der Waals surface area contributed by atoms with Crippen LogP contribution in [-0.4, -0.2) is 58.0 Å². The molecule has 1 aliphatic heterocycles. The van der Waals surface area contributed by atoms with Crippen LogP contribution in [0.5, 0.6) is 11.5 Å². The number of ether oxygens (including phenoxy) is 3. The number of sulfonamides is 1. The molecule has 0 spiro atoms. The summed E-state index contributed by atoms with van der Waals surface area (Å²) in [5.41, 5.74) is 0.829. The van der Waals surface area contributed by atoms with Crippen molar-refractivity contribution in [2.45, 2.75) is 30.9 Å². The third-order valence-corrected chi connectivity index (χ3v) is 6.95. The molecule has 33 heavy (non-hydrogen) atoms. The summed E-state index contributed by atoms with van der Waals surface area (Å²) < 4.78 is 41.8. The van der Waals surface area contributed by atoms with E-state index in [0.29, 0.717) is 35.3 Å². The van der Waals surface area contributed by atoms with E-state index in [9.17, 15) is 18.0 Å². The molecule has 1 heterocycles. The van der Waals surface area contributed by atoms with Gasteiger partial charge < -0.3 is 19.5 Å². The second-order valence-electron chi connectivity index (χ2n) is 7.57. The summed E-state index contributed by atoms with van der Waals surface area (Å²) in [7, 11) is -0.759. The van der Waals surface area contributed by atoms with E-state index >= 15 is 0 Å². The highest BCUT2D eigenvalue weighted by Gasteiger charge is 2.21. The molecule has 0 unspecified atom stereocenters. The molecule has 0 saturated heterocycles. The SMILES string of the molecule is C[C@H](NC(=O)c1ccc(S(=O)(=O)N(C)C)cc1)C(=O)OCc1cc(Cl)c2c(c1)OCCCO2. The van der Waals surface area contributed by atoms with Crippen LogP contribution in [0.25, 0.3) is 0 Å². The van der Waals surface area contributed by atoms with Crippen LogP contribution in [0.4, 0.5) is 0 Å². The number of hydrogen-bond acceptors (Lipinski definition) is 7. The van der Waals surface area contributed by atoms with Crippen LogP contribution in [0.1, 0.15) is 29.3 Å². The first-order valence-corrected chi connectivity index (χ1v) is 12.0. The number of amides is 1. The van der Waals surface area contributed by atoms with E-state index in [1.807, 2.05) is 0 Å². The molecule has 1 atom stereocenters. The Labute approximate surface area is 197 Å². The number of benzene rings is 2. The van der Waals surface area contributed by atoms with Crippen molar-refractivity contribution in [1.82, 2.24) is 9.62 Å². The van der Waals surface area contributed by atoms with E-state index < -0.39 is 27.9 Å². The lowest BCUT2D eigenvalue weighted by Crippen LogP contribution is -2.39. The normalized spacial score (nSPS) is 14.3. The second kappa shape index (κ2) is 10.4. The molecule has 1 aliphatic rings. The van der Waals surface area contributed by atoms with Crippen LogP contribution >= 0.6 is 11.6 Å². The molecule has 2 aromatic carbocycles. The maximum absolute atomic E-state index is 12.4. The average molecular weight is 497 g/mol. The zero-order valence-electron chi connectivity index (χ0n) is 18.5. The van der Waals surface area contributed by atoms with Crippen molar-refractivity contribution in [2.24, 2.45) is 0 Å². The Morgan fingerprint density at radius 3 is 2.48 bits per heavy atom. The number of carbonyl (C=O) groups is 2. The topological polar surface area (TPSA) is 111 Å². The molecule has 0 bridgehead atoms. The number of hydrogen-bond donors (Lipinski definition) is 1. The van der Waals surface area contributed by atoms with Crippen LogP contribution in [0, 0.1) is 0 Å². The Morgan fingerprint density at radius 2 is 1.82 bits per heavy atom. The van der Waals surface area contributed by atoms with Gasteiger partial charge >= 0.3 is 5.97 Å². The van der Waals surface area contributed by atoms with Gasteiger partial charge in [0.25, 0.3) is 5.91 Å². The third-order valence-electron chi connectivity index (χ3n) is 4.84. The molecular weight excluding hydrogens is 472 g/mol. The summed E-state index contributed by atoms with van der Waals surface area (Å²) in [4.78, 5) is 24.9. The van der Waals surface area contributed by atoms with Gasteiger partial charge in [-0.1, -0.05) is 11.6 Å². The Hall–Kier alpha value is -2.82. The number of esters is 1. The van der Waals surface area contributed by atoms with Gasteiger partial charge in [0.15, 0.2) is 11.5 Å². The van der Waals surface area contributed by atoms with Gasteiger partial charge in [-0.25, -0.2) is 17.5 Å². The molecule has 178 valence electrons. The van der Waals surface area contributed by atoms with Crippen molar-refractivity contribution in [3.8, 4) is 11.5 Å². The standard InChI is InChI=1S/C22H25ClN2O7S/c1-14(24-21(26)16-5-7-17(8-6-16)33(28,29)25(2)3)22(27)32-13-15-11-18(23)20-19(12-15)30-9-4-10-31-20/h5-8,11-12,14H,4,9-10,13H2,1-3H3,(H,24,26)/t14-/m0/s1.